The third-order valence-electron chi connectivity index (χ3n) is 2.50. The Morgan fingerprint density at radius 3 is 2.72 bits per heavy atom. The molecule has 0 aliphatic carbocycles. The van der Waals surface area contributed by atoms with Gasteiger partial charge in [0, 0.05) is 6.20 Å². The van der Waals surface area contributed by atoms with Crippen molar-refractivity contribution in [2.75, 3.05) is 5.73 Å². The van der Waals surface area contributed by atoms with Crippen LogP contribution in [0.4, 0.5) is 5.69 Å². The molecule has 0 spiro atoms. The van der Waals surface area contributed by atoms with Crippen molar-refractivity contribution in [3.63, 3.8) is 0 Å². The van der Waals surface area contributed by atoms with Crippen LogP contribution in [0.15, 0.2) is 42.7 Å². The molecule has 2 aromatic heterocycles. The van der Waals surface area contributed by atoms with E-state index >= 15 is 0 Å². The number of hydrogen-bond donors (Lipinski definition) is 2. The molecule has 0 aliphatic heterocycles. The van der Waals surface area contributed by atoms with Crippen LogP contribution in [-0.4, -0.2) is 15.9 Å². The molecule has 0 aliphatic rings. The van der Waals surface area contributed by atoms with Gasteiger partial charge in [0.1, 0.15) is 5.69 Å². The highest BCUT2D eigenvalue weighted by Crippen LogP contribution is 2.09. The van der Waals surface area contributed by atoms with Crippen LogP contribution in [0.1, 0.15) is 29.1 Å². The molecule has 0 aromatic carbocycles. The van der Waals surface area contributed by atoms with E-state index in [4.69, 9.17) is 5.73 Å². The van der Waals surface area contributed by atoms with Gasteiger partial charge in [-0.3, -0.25) is 9.78 Å². The van der Waals surface area contributed by atoms with E-state index in [0.717, 1.165) is 5.69 Å². The highest BCUT2D eigenvalue weighted by molar-refractivity contribution is 5.92. The molecule has 0 bridgehead atoms. The van der Waals surface area contributed by atoms with E-state index in [0.29, 0.717) is 11.4 Å². The molecule has 0 unspecified atom stereocenters. The minimum atomic E-state index is -0.242. The lowest BCUT2D eigenvalue weighted by Crippen LogP contribution is -2.27. The fourth-order valence-electron chi connectivity index (χ4n) is 1.52. The molecule has 3 N–H and O–H groups in total. The number of carbonyl (C=O) groups excluding carboxylic acids is 1. The lowest BCUT2D eigenvalue weighted by molar-refractivity contribution is 0.0934. The number of rotatable bonds is 3. The number of aromatic nitrogens is 2. The van der Waals surface area contributed by atoms with Crippen LogP contribution in [0.3, 0.4) is 0 Å². The molecule has 1 atom stereocenters. The Balaban J connectivity index is 2.06. The molecular weight excluding hydrogens is 228 g/mol. The number of nitrogens with one attached hydrogen (secondary N) is 1. The van der Waals surface area contributed by atoms with Crippen LogP contribution in [0, 0.1) is 0 Å². The summed E-state index contributed by atoms with van der Waals surface area (Å²) in [5.74, 6) is -0.242. The number of anilines is 1. The van der Waals surface area contributed by atoms with E-state index in [2.05, 4.69) is 15.3 Å². The predicted octanol–water partition coefficient (Wildman–Crippen LogP) is 1.55. The number of carbonyl (C=O) groups is 1. The quantitative estimate of drug-likeness (QED) is 0.855. The molecule has 0 fully saturated rings. The molecular formula is C13H14N4O. The first-order valence-electron chi connectivity index (χ1n) is 5.60. The SMILES string of the molecule is C[C@H](NC(=O)c1ccc(N)cn1)c1ccccn1. The highest BCUT2D eigenvalue weighted by atomic mass is 16.1. The maximum absolute atomic E-state index is 11.9. The summed E-state index contributed by atoms with van der Waals surface area (Å²) in [5.41, 5.74) is 7.19. The number of pyridine rings is 2. The van der Waals surface area contributed by atoms with E-state index in [9.17, 15) is 4.79 Å². The zero-order valence-electron chi connectivity index (χ0n) is 10.00. The second-order valence-electron chi connectivity index (χ2n) is 3.93. The maximum Gasteiger partial charge on any atom is 0.270 e. The van der Waals surface area contributed by atoms with Gasteiger partial charge in [-0.2, -0.15) is 0 Å². The monoisotopic (exact) mass is 242 g/mol. The summed E-state index contributed by atoms with van der Waals surface area (Å²) in [6.07, 6.45) is 3.15. The largest absolute Gasteiger partial charge is 0.397 e. The van der Waals surface area contributed by atoms with Gasteiger partial charge in [0.25, 0.3) is 5.91 Å². The summed E-state index contributed by atoms with van der Waals surface area (Å²) >= 11 is 0. The summed E-state index contributed by atoms with van der Waals surface area (Å²) < 4.78 is 0. The van der Waals surface area contributed by atoms with Gasteiger partial charge in [0.2, 0.25) is 0 Å². The fraction of sp³-hybridized carbons (Fsp3) is 0.154. The van der Waals surface area contributed by atoms with E-state index < -0.39 is 0 Å². The summed E-state index contributed by atoms with van der Waals surface area (Å²) in [6, 6.07) is 8.65. The summed E-state index contributed by atoms with van der Waals surface area (Å²) in [4.78, 5) is 20.0. The summed E-state index contributed by atoms with van der Waals surface area (Å²) in [6.45, 7) is 1.87. The van der Waals surface area contributed by atoms with Gasteiger partial charge >= 0.3 is 0 Å². The van der Waals surface area contributed by atoms with E-state index in [1.54, 1.807) is 18.3 Å². The Morgan fingerprint density at radius 1 is 1.28 bits per heavy atom. The molecule has 18 heavy (non-hydrogen) atoms. The zero-order valence-corrected chi connectivity index (χ0v) is 10.00. The van der Waals surface area contributed by atoms with Gasteiger partial charge in [-0.25, -0.2) is 4.98 Å². The summed E-state index contributed by atoms with van der Waals surface area (Å²) in [5, 5.41) is 2.83. The van der Waals surface area contributed by atoms with Crippen molar-refractivity contribution in [3.8, 4) is 0 Å². The second kappa shape index (κ2) is 5.27. The Labute approximate surface area is 105 Å². The Morgan fingerprint density at radius 2 is 2.11 bits per heavy atom. The molecule has 5 nitrogen and oxygen atoms in total. The van der Waals surface area contributed by atoms with Gasteiger partial charge < -0.3 is 11.1 Å². The molecule has 0 saturated carbocycles. The Bertz CT molecular complexity index is 524. The van der Waals surface area contributed by atoms with Crippen LogP contribution in [0.5, 0.6) is 0 Å². The third-order valence-corrected chi connectivity index (χ3v) is 2.50. The molecule has 2 heterocycles. The second-order valence-corrected chi connectivity index (χ2v) is 3.93. The van der Waals surface area contributed by atoms with Crippen LogP contribution in [-0.2, 0) is 0 Å². The average molecular weight is 242 g/mol. The Hall–Kier alpha value is -2.43. The normalized spacial score (nSPS) is 11.8. The molecule has 0 saturated heterocycles. The van der Waals surface area contributed by atoms with Crippen molar-refractivity contribution < 1.29 is 4.79 Å². The first-order chi connectivity index (χ1) is 8.66. The lowest BCUT2D eigenvalue weighted by Gasteiger charge is -2.12. The first-order valence-corrected chi connectivity index (χ1v) is 5.60. The van der Waals surface area contributed by atoms with E-state index in [-0.39, 0.29) is 11.9 Å². The van der Waals surface area contributed by atoms with Gasteiger partial charge in [0.05, 0.1) is 23.6 Å². The van der Waals surface area contributed by atoms with Crippen molar-refractivity contribution in [1.29, 1.82) is 0 Å². The predicted molar refractivity (Wildman–Crippen MR) is 68.8 cm³/mol. The molecule has 2 aromatic rings. The van der Waals surface area contributed by atoms with Gasteiger partial charge in [-0.05, 0) is 31.2 Å². The minimum absolute atomic E-state index is 0.168. The molecule has 2 rings (SSSR count). The number of nitrogens with zero attached hydrogens (tertiary/aromatic N) is 2. The van der Waals surface area contributed by atoms with Crippen molar-refractivity contribution in [3.05, 3.63) is 54.1 Å². The van der Waals surface area contributed by atoms with Crippen LogP contribution < -0.4 is 11.1 Å². The smallest absolute Gasteiger partial charge is 0.270 e. The standard InChI is InChI=1S/C13H14N4O/c1-9(11-4-2-3-7-15-11)17-13(18)12-6-5-10(14)8-16-12/h2-9H,14H2,1H3,(H,17,18)/t9-/m0/s1. The van der Waals surface area contributed by atoms with Crippen molar-refractivity contribution in [2.24, 2.45) is 0 Å². The fourth-order valence-corrected chi connectivity index (χ4v) is 1.52. The first kappa shape index (κ1) is 12.0. The number of hydrogen-bond acceptors (Lipinski definition) is 4. The van der Waals surface area contributed by atoms with Gasteiger partial charge in [-0.15, -0.1) is 0 Å². The van der Waals surface area contributed by atoms with E-state index in [1.165, 1.54) is 6.20 Å². The summed E-state index contributed by atoms with van der Waals surface area (Å²) in [7, 11) is 0. The topological polar surface area (TPSA) is 80.9 Å². The number of nitrogens with two attached hydrogens (primary N) is 1. The van der Waals surface area contributed by atoms with Crippen molar-refractivity contribution in [2.45, 2.75) is 13.0 Å². The highest BCUT2D eigenvalue weighted by Gasteiger charge is 2.12. The third kappa shape index (κ3) is 2.82. The zero-order chi connectivity index (χ0) is 13.0. The number of nitrogen functional groups attached to an aromatic ring is 1. The van der Waals surface area contributed by atoms with Gasteiger partial charge in [0.15, 0.2) is 0 Å². The van der Waals surface area contributed by atoms with Gasteiger partial charge in [-0.1, -0.05) is 6.07 Å². The maximum atomic E-state index is 11.9. The molecule has 5 heteroatoms. The average Bonchev–Trinajstić information content (AvgIpc) is 2.40. The van der Waals surface area contributed by atoms with Crippen LogP contribution in [0.25, 0.3) is 0 Å². The Kier molecular flexibility index (Phi) is 3.52. The lowest BCUT2D eigenvalue weighted by atomic mass is 10.2. The minimum Gasteiger partial charge on any atom is -0.397 e. The van der Waals surface area contributed by atoms with Crippen molar-refractivity contribution >= 4 is 11.6 Å². The van der Waals surface area contributed by atoms with Crippen LogP contribution in [0.2, 0.25) is 0 Å². The van der Waals surface area contributed by atoms with Crippen molar-refractivity contribution in [1.82, 2.24) is 15.3 Å². The molecule has 1 amide bonds. The van der Waals surface area contributed by atoms with Crippen LogP contribution >= 0.6 is 0 Å². The molecule has 0 radical (unpaired) electrons. The number of amides is 1. The van der Waals surface area contributed by atoms with E-state index in [1.807, 2.05) is 25.1 Å². The molecule has 92 valence electrons.